The Balaban J connectivity index is 1.59. The van der Waals surface area contributed by atoms with E-state index in [-0.39, 0.29) is 17.2 Å². The quantitative estimate of drug-likeness (QED) is 0.759. The second-order valence-electron chi connectivity index (χ2n) is 7.35. The summed E-state index contributed by atoms with van der Waals surface area (Å²) >= 11 is 1.46. The number of nitrogens with zero attached hydrogens (tertiary/aromatic N) is 1. The Labute approximate surface area is 140 Å². The topological polar surface area (TPSA) is 86.7 Å². The summed E-state index contributed by atoms with van der Waals surface area (Å²) < 4.78 is -0.547. The summed E-state index contributed by atoms with van der Waals surface area (Å²) in [5.74, 6) is -0.899. The van der Waals surface area contributed by atoms with Gasteiger partial charge in [0, 0.05) is 11.2 Å². The van der Waals surface area contributed by atoms with Crippen LogP contribution in [0.15, 0.2) is 0 Å². The van der Waals surface area contributed by atoms with Crippen LogP contribution in [0, 0.1) is 5.92 Å². The summed E-state index contributed by atoms with van der Waals surface area (Å²) in [6, 6.07) is -1.39. The highest BCUT2D eigenvalue weighted by Crippen LogP contribution is 2.50. The molecule has 23 heavy (non-hydrogen) atoms. The van der Waals surface area contributed by atoms with Crippen LogP contribution in [-0.4, -0.2) is 50.0 Å². The fourth-order valence-electron chi connectivity index (χ4n) is 4.03. The molecule has 2 amide bonds. The van der Waals surface area contributed by atoms with Crippen LogP contribution in [0.1, 0.15) is 52.4 Å². The molecule has 0 spiro atoms. The number of thioether (sulfide) groups is 1. The van der Waals surface area contributed by atoms with Gasteiger partial charge in [-0.3, -0.25) is 9.59 Å². The molecule has 6 nitrogen and oxygen atoms in total. The highest BCUT2D eigenvalue weighted by molar-refractivity contribution is 8.01. The third-order valence-electron chi connectivity index (χ3n) is 5.19. The average molecular weight is 340 g/mol. The molecule has 7 heteroatoms. The number of carbonyl (C=O) groups excluding carboxylic acids is 2. The van der Waals surface area contributed by atoms with E-state index in [0.29, 0.717) is 12.3 Å². The minimum atomic E-state index is -0.981. The lowest BCUT2D eigenvalue weighted by atomic mass is 9.86. The van der Waals surface area contributed by atoms with Gasteiger partial charge in [-0.15, -0.1) is 11.8 Å². The Hall–Kier alpha value is -1.24. The molecule has 0 radical (unpaired) electrons. The lowest BCUT2D eigenvalue weighted by Gasteiger charge is -2.43. The number of carboxylic acids is 1. The molecule has 3 aliphatic rings. The molecule has 0 bridgehead atoms. The van der Waals surface area contributed by atoms with Crippen molar-refractivity contribution in [1.82, 2.24) is 10.2 Å². The van der Waals surface area contributed by atoms with Gasteiger partial charge in [-0.25, -0.2) is 4.79 Å². The molecule has 3 unspecified atom stereocenters. The molecule has 1 aliphatic carbocycles. The second-order valence-corrected chi connectivity index (χ2v) is 9.12. The maximum absolute atomic E-state index is 12.3. The number of β-lactam (4-membered cyclic amide) rings is 1. The summed E-state index contributed by atoms with van der Waals surface area (Å²) in [6.07, 6.45) is 6.27. The van der Waals surface area contributed by atoms with E-state index in [2.05, 4.69) is 5.32 Å². The average Bonchev–Trinajstić information content (AvgIpc) is 2.74. The molecular formula is C16H24N2O4S. The highest BCUT2D eigenvalue weighted by Gasteiger charge is 2.64. The number of nitrogens with one attached hydrogen (secondary N) is 1. The molecule has 2 saturated heterocycles. The summed E-state index contributed by atoms with van der Waals surface area (Å²) in [5, 5.41) is 12.0. The number of amides is 2. The number of aliphatic carboxylic acids is 1. The number of rotatable bonds is 4. The van der Waals surface area contributed by atoms with Gasteiger partial charge in [0.15, 0.2) is 0 Å². The van der Waals surface area contributed by atoms with Crippen molar-refractivity contribution >= 4 is 29.5 Å². The largest absolute Gasteiger partial charge is 0.480 e. The fraction of sp³-hybridized carbons (Fsp3) is 0.812. The van der Waals surface area contributed by atoms with Crippen LogP contribution in [0.4, 0.5) is 0 Å². The number of hydrogen-bond acceptors (Lipinski definition) is 4. The van der Waals surface area contributed by atoms with E-state index in [0.717, 1.165) is 12.8 Å². The minimum absolute atomic E-state index is 0.0768. The molecule has 0 aromatic heterocycles. The molecule has 0 aromatic rings. The van der Waals surface area contributed by atoms with Gasteiger partial charge < -0.3 is 15.3 Å². The zero-order valence-corrected chi connectivity index (χ0v) is 14.4. The molecule has 128 valence electrons. The second kappa shape index (κ2) is 6.00. The minimum Gasteiger partial charge on any atom is -0.480 e. The number of carbonyl (C=O) groups is 3. The molecule has 0 aromatic carbocycles. The zero-order chi connectivity index (χ0) is 16.8. The van der Waals surface area contributed by atoms with E-state index >= 15 is 0 Å². The highest BCUT2D eigenvalue weighted by atomic mass is 32.2. The standard InChI is InChI=1S/C16H24N2O4S/c1-16(2)12(15(21)22)18-13(20)11(14(18)23-16)17-10(19)8-9-6-4-3-5-7-9/h9,11-12,14H,3-8H2,1-2H3,(H,17,19)(H,21,22). The van der Waals surface area contributed by atoms with E-state index in [1.807, 2.05) is 13.8 Å². The van der Waals surface area contributed by atoms with Gasteiger partial charge in [0.1, 0.15) is 17.5 Å². The molecule has 1 saturated carbocycles. The Morgan fingerprint density at radius 1 is 1.30 bits per heavy atom. The zero-order valence-electron chi connectivity index (χ0n) is 13.6. The van der Waals surface area contributed by atoms with Crippen LogP contribution in [-0.2, 0) is 14.4 Å². The van der Waals surface area contributed by atoms with Gasteiger partial charge in [0.05, 0.1) is 0 Å². The maximum Gasteiger partial charge on any atom is 0.327 e. The third-order valence-corrected chi connectivity index (χ3v) is 6.76. The fourth-order valence-corrected chi connectivity index (χ4v) is 5.66. The molecular weight excluding hydrogens is 316 g/mol. The van der Waals surface area contributed by atoms with Gasteiger partial charge >= 0.3 is 5.97 Å². The van der Waals surface area contributed by atoms with E-state index in [9.17, 15) is 19.5 Å². The predicted octanol–water partition coefficient (Wildman–Crippen LogP) is 1.59. The first-order chi connectivity index (χ1) is 10.8. The van der Waals surface area contributed by atoms with Crippen LogP contribution in [0.25, 0.3) is 0 Å². The number of carboxylic acid groups (broad SMARTS) is 1. The van der Waals surface area contributed by atoms with Gasteiger partial charge in [-0.1, -0.05) is 19.3 Å². The number of hydrogen-bond donors (Lipinski definition) is 2. The van der Waals surface area contributed by atoms with Crippen LogP contribution in [0.3, 0.4) is 0 Å². The van der Waals surface area contributed by atoms with Crippen molar-refractivity contribution in [3.8, 4) is 0 Å². The Morgan fingerprint density at radius 2 is 1.96 bits per heavy atom. The Morgan fingerprint density at radius 3 is 2.57 bits per heavy atom. The monoisotopic (exact) mass is 340 g/mol. The van der Waals surface area contributed by atoms with E-state index < -0.39 is 22.8 Å². The lowest BCUT2D eigenvalue weighted by molar-refractivity contribution is -0.161. The van der Waals surface area contributed by atoms with Crippen molar-refractivity contribution < 1.29 is 19.5 Å². The first-order valence-electron chi connectivity index (χ1n) is 8.33. The van der Waals surface area contributed by atoms with Crippen molar-refractivity contribution in [2.45, 2.75) is 74.6 Å². The Kier molecular flexibility index (Phi) is 4.33. The van der Waals surface area contributed by atoms with Gasteiger partial charge in [-0.2, -0.15) is 0 Å². The van der Waals surface area contributed by atoms with E-state index in [1.165, 1.54) is 35.9 Å². The van der Waals surface area contributed by atoms with Crippen LogP contribution >= 0.6 is 11.8 Å². The smallest absolute Gasteiger partial charge is 0.327 e. The van der Waals surface area contributed by atoms with E-state index in [4.69, 9.17) is 0 Å². The van der Waals surface area contributed by atoms with Crippen molar-refractivity contribution in [2.24, 2.45) is 5.92 Å². The Bertz CT molecular complexity index is 530. The lowest BCUT2D eigenvalue weighted by Crippen LogP contribution is -2.70. The molecule has 2 heterocycles. The van der Waals surface area contributed by atoms with Crippen LogP contribution in [0.5, 0.6) is 0 Å². The first kappa shape index (κ1) is 16.6. The SMILES string of the molecule is CC1(C)SC2C(NC(=O)CC3CCCCC3)C(=O)N2C1C(=O)O. The summed E-state index contributed by atoms with van der Waals surface area (Å²) in [5.41, 5.74) is 0. The van der Waals surface area contributed by atoms with Crippen molar-refractivity contribution in [3.63, 3.8) is 0 Å². The van der Waals surface area contributed by atoms with Crippen LogP contribution < -0.4 is 5.32 Å². The van der Waals surface area contributed by atoms with Gasteiger partial charge in [-0.05, 0) is 32.6 Å². The summed E-state index contributed by atoms with van der Waals surface area (Å²) in [4.78, 5) is 37.4. The van der Waals surface area contributed by atoms with Gasteiger partial charge in [0.25, 0.3) is 0 Å². The summed E-state index contributed by atoms with van der Waals surface area (Å²) in [6.45, 7) is 3.67. The van der Waals surface area contributed by atoms with Crippen molar-refractivity contribution in [3.05, 3.63) is 0 Å². The molecule has 3 atom stereocenters. The normalized spacial score (nSPS) is 33.0. The molecule has 2 aliphatic heterocycles. The molecule has 2 N–H and O–H groups in total. The first-order valence-corrected chi connectivity index (χ1v) is 9.21. The van der Waals surface area contributed by atoms with Crippen molar-refractivity contribution in [2.75, 3.05) is 0 Å². The number of fused-ring (bicyclic) bond motifs is 1. The maximum atomic E-state index is 12.3. The van der Waals surface area contributed by atoms with Crippen molar-refractivity contribution in [1.29, 1.82) is 0 Å². The van der Waals surface area contributed by atoms with E-state index in [1.54, 1.807) is 0 Å². The molecule has 3 fully saturated rings. The molecule has 3 rings (SSSR count). The third kappa shape index (κ3) is 2.95. The summed E-state index contributed by atoms with van der Waals surface area (Å²) in [7, 11) is 0. The predicted molar refractivity (Wildman–Crippen MR) is 86.9 cm³/mol. The van der Waals surface area contributed by atoms with Gasteiger partial charge in [0.2, 0.25) is 11.8 Å². The van der Waals surface area contributed by atoms with Crippen LogP contribution in [0.2, 0.25) is 0 Å².